The van der Waals surface area contributed by atoms with Gasteiger partial charge < -0.3 is 14.0 Å². The van der Waals surface area contributed by atoms with Crippen molar-refractivity contribution < 1.29 is 19.1 Å². The van der Waals surface area contributed by atoms with E-state index >= 15 is 0 Å². The lowest BCUT2D eigenvalue weighted by atomic mass is 9.85. The number of benzene rings is 2. The Morgan fingerprint density at radius 2 is 1.95 bits per heavy atom. The minimum Gasteiger partial charge on any atom is -0.457 e. The third-order valence-corrected chi connectivity index (χ3v) is 7.31. The zero-order chi connectivity index (χ0) is 25.7. The van der Waals surface area contributed by atoms with E-state index in [-0.39, 0.29) is 18.6 Å². The Hall–Kier alpha value is -4.23. The molecule has 184 valence electrons. The molecule has 4 heterocycles. The van der Waals surface area contributed by atoms with Crippen LogP contribution in [0.2, 0.25) is 5.02 Å². The number of rotatable bonds is 4. The largest absolute Gasteiger partial charge is 0.457 e. The Balaban J connectivity index is 1.45. The molecule has 2 aromatic carbocycles. The summed E-state index contributed by atoms with van der Waals surface area (Å²) in [5.41, 5.74) is 2.18. The number of hydrogen-bond acceptors (Lipinski definition) is 6. The van der Waals surface area contributed by atoms with Gasteiger partial charge in [0, 0.05) is 27.6 Å². The number of pyridine rings is 2. The molecule has 0 radical (unpaired) electrons. The first kappa shape index (κ1) is 23.2. The highest BCUT2D eigenvalue weighted by Gasteiger charge is 2.50. The second-order valence-electron chi connectivity index (χ2n) is 9.03. The van der Waals surface area contributed by atoms with Crippen LogP contribution in [-0.4, -0.2) is 21.5 Å². The van der Waals surface area contributed by atoms with Crippen LogP contribution in [0.15, 0.2) is 71.5 Å². The van der Waals surface area contributed by atoms with Gasteiger partial charge in [0.2, 0.25) is 5.60 Å². The van der Waals surface area contributed by atoms with Gasteiger partial charge in [0.25, 0.3) is 5.56 Å². The van der Waals surface area contributed by atoms with Gasteiger partial charge in [-0.1, -0.05) is 54.9 Å². The predicted molar refractivity (Wildman–Crippen MR) is 139 cm³/mol. The zero-order valence-corrected chi connectivity index (χ0v) is 20.6. The Labute approximate surface area is 216 Å². The highest BCUT2D eigenvalue weighted by atomic mass is 35.5. The van der Waals surface area contributed by atoms with E-state index in [1.807, 2.05) is 30.3 Å². The molecule has 2 aliphatic heterocycles. The summed E-state index contributed by atoms with van der Waals surface area (Å²) in [4.78, 5) is 44.5. The molecule has 0 saturated heterocycles. The fourth-order valence-corrected chi connectivity index (χ4v) is 5.26. The molecule has 2 aliphatic rings. The van der Waals surface area contributed by atoms with E-state index < -0.39 is 17.5 Å². The first-order chi connectivity index (χ1) is 17.9. The molecule has 0 N–H and O–H groups in total. The fraction of sp³-hybridized carbons (Fsp3) is 0.172. The number of halogens is 1. The van der Waals surface area contributed by atoms with E-state index in [0.29, 0.717) is 39.6 Å². The van der Waals surface area contributed by atoms with Gasteiger partial charge in [0.1, 0.15) is 6.61 Å². The average Bonchev–Trinajstić information content (AvgIpc) is 3.26. The van der Waals surface area contributed by atoms with Crippen LogP contribution in [0.25, 0.3) is 28.4 Å². The lowest BCUT2D eigenvalue weighted by molar-refractivity contribution is -0.186. The van der Waals surface area contributed by atoms with Crippen molar-refractivity contribution in [1.82, 2.24) is 9.55 Å². The standard InChI is InChI=1S/C29H21ClN2O5/c1-2-29(37-25(33)12-11-17-7-3-5-9-22(17)30)21-14-24-26-19(13-18-8-4-6-10-23(18)31-26)15-32(24)27(34)20(21)16-36-28(29)35/h3-14H,2,15-16H2,1H3/b12-11+/t29-/m0/s1. The van der Waals surface area contributed by atoms with Crippen molar-refractivity contribution in [1.29, 1.82) is 0 Å². The maximum absolute atomic E-state index is 13.6. The average molecular weight is 513 g/mol. The van der Waals surface area contributed by atoms with Crippen molar-refractivity contribution in [3.63, 3.8) is 0 Å². The molecule has 0 aliphatic carbocycles. The lowest BCUT2D eigenvalue weighted by Gasteiger charge is -2.35. The van der Waals surface area contributed by atoms with Crippen LogP contribution in [0, 0.1) is 0 Å². The van der Waals surface area contributed by atoms with Crippen LogP contribution in [-0.2, 0) is 37.8 Å². The Bertz CT molecular complexity index is 1710. The van der Waals surface area contributed by atoms with E-state index in [4.69, 9.17) is 26.1 Å². The number of carbonyl (C=O) groups excluding carboxylic acids is 2. The van der Waals surface area contributed by atoms with Gasteiger partial charge in [-0.25, -0.2) is 14.6 Å². The number of nitrogens with zero attached hydrogens (tertiary/aromatic N) is 2. The van der Waals surface area contributed by atoms with Gasteiger partial charge in [0.05, 0.1) is 29.0 Å². The number of fused-ring (bicyclic) bond motifs is 5. The van der Waals surface area contributed by atoms with Gasteiger partial charge in [0.15, 0.2) is 0 Å². The first-order valence-corrected chi connectivity index (χ1v) is 12.3. The number of carbonyl (C=O) groups is 2. The van der Waals surface area contributed by atoms with Gasteiger partial charge in [-0.15, -0.1) is 0 Å². The molecule has 1 atom stereocenters. The molecule has 0 amide bonds. The number of esters is 2. The molecular formula is C29H21ClN2O5. The SMILES string of the molecule is CC[C@@]1(OC(=O)/C=C/c2ccccc2Cl)C(=O)OCc2c1cc1n(c2=O)Cc2cc3ccccc3nc2-1. The van der Waals surface area contributed by atoms with Gasteiger partial charge >= 0.3 is 11.9 Å². The Morgan fingerprint density at radius 1 is 1.16 bits per heavy atom. The maximum Gasteiger partial charge on any atom is 0.355 e. The second-order valence-corrected chi connectivity index (χ2v) is 9.44. The van der Waals surface area contributed by atoms with Crippen LogP contribution in [0.3, 0.4) is 0 Å². The van der Waals surface area contributed by atoms with E-state index in [1.54, 1.807) is 41.8 Å². The summed E-state index contributed by atoms with van der Waals surface area (Å²) in [6, 6.07) is 18.5. The summed E-state index contributed by atoms with van der Waals surface area (Å²) in [7, 11) is 0. The number of aromatic nitrogens is 2. The topological polar surface area (TPSA) is 87.5 Å². The van der Waals surface area contributed by atoms with E-state index in [1.165, 1.54) is 12.2 Å². The summed E-state index contributed by atoms with van der Waals surface area (Å²) in [5.74, 6) is -1.47. The molecule has 8 heteroatoms. The summed E-state index contributed by atoms with van der Waals surface area (Å²) >= 11 is 6.17. The number of ether oxygens (including phenoxy) is 2. The molecule has 37 heavy (non-hydrogen) atoms. The van der Waals surface area contributed by atoms with Crippen molar-refractivity contribution in [2.75, 3.05) is 0 Å². The molecule has 0 fully saturated rings. The highest BCUT2D eigenvalue weighted by Crippen LogP contribution is 2.41. The van der Waals surface area contributed by atoms with Crippen LogP contribution in [0.5, 0.6) is 0 Å². The minimum atomic E-state index is -1.76. The van der Waals surface area contributed by atoms with Gasteiger partial charge in [-0.2, -0.15) is 0 Å². The highest BCUT2D eigenvalue weighted by molar-refractivity contribution is 6.32. The van der Waals surface area contributed by atoms with Crippen molar-refractivity contribution in [2.45, 2.75) is 32.1 Å². The fourth-order valence-electron chi connectivity index (χ4n) is 5.06. The molecule has 6 rings (SSSR count). The van der Waals surface area contributed by atoms with E-state index in [9.17, 15) is 14.4 Å². The smallest absolute Gasteiger partial charge is 0.355 e. The molecular weight excluding hydrogens is 492 g/mol. The Morgan fingerprint density at radius 3 is 2.76 bits per heavy atom. The molecule has 0 unspecified atom stereocenters. The van der Waals surface area contributed by atoms with Crippen molar-refractivity contribution >= 4 is 40.5 Å². The van der Waals surface area contributed by atoms with Gasteiger partial charge in [-0.3, -0.25) is 4.79 Å². The summed E-state index contributed by atoms with van der Waals surface area (Å²) in [6.07, 6.45) is 2.82. The quantitative estimate of drug-likeness (QED) is 0.249. The second kappa shape index (κ2) is 8.71. The van der Waals surface area contributed by atoms with Crippen molar-refractivity contribution in [3.05, 3.63) is 104 Å². The maximum atomic E-state index is 13.6. The first-order valence-electron chi connectivity index (χ1n) is 11.9. The minimum absolute atomic E-state index is 0.0887. The van der Waals surface area contributed by atoms with Crippen molar-refractivity contribution in [3.8, 4) is 11.4 Å². The lowest BCUT2D eigenvalue weighted by Crippen LogP contribution is -2.47. The number of cyclic esters (lactones) is 1. The van der Waals surface area contributed by atoms with E-state index in [2.05, 4.69) is 0 Å². The van der Waals surface area contributed by atoms with Crippen LogP contribution < -0.4 is 5.56 Å². The molecule has 2 aromatic heterocycles. The predicted octanol–water partition coefficient (Wildman–Crippen LogP) is 5.00. The molecule has 0 spiro atoms. The summed E-state index contributed by atoms with van der Waals surface area (Å²) < 4.78 is 12.8. The summed E-state index contributed by atoms with van der Waals surface area (Å²) in [6.45, 7) is 1.89. The molecule has 4 aromatic rings. The number of para-hydroxylation sites is 1. The number of hydrogen-bond donors (Lipinski definition) is 0. The Kier molecular flexibility index (Phi) is 5.46. The molecule has 0 saturated carbocycles. The third-order valence-electron chi connectivity index (χ3n) is 6.96. The third kappa shape index (κ3) is 3.65. The van der Waals surface area contributed by atoms with Crippen LogP contribution in [0.4, 0.5) is 0 Å². The monoisotopic (exact) mass is 512 g/mol. The normalized spacial score (nSPS) is 17.8. The van der Waals surface area contributed by atoms with E-state index in [0.717, 1.165) is 16.5 Å². The molecule has 7 nitrogen and oxygen atoms in total. The molecule has 0 bridgehead atoms. The van der Waals surface area contributed by atoms with Crippen molar-refractivity contribution in [2.24, 2.45) is 0 Å². The zero-order valence-electron chi connectivity index (χ0n) is 19.9. The van der Waals surface area contributed by atoms with Crippen LogP contribution in [0.1, 0.15) is 35.6 Å². The summed E-state index contributed by atoms with van der Waals surface area (Å²) in [5, 5.41) is 1.45. The van der Waals surface area contributed by atoms with Gasteiger partial charge in [-0.05, 0) is 42.3 Å². The van der Waals surface area contributed by atoms with Crippen LogP contribution >= 0.6 is 11.6 Å².